The van der Waals surface area contributed by atoms with Crippen molar-refractivity contribution < 1.29 is 14.7 Å². The van der Waals surface area contributed by atoms with Crippen LogP contribution in [0.1, 0.15) is 29.6 Å². The largest absolute Gasteiger partial charge is 0.481 e. The lowest BCUT2D eigenvalue weighted by Gasteiger charge is -2.17. The molecule has 1 amide bonds. The highest BCUT2D eigenvalue weighted by Gasteiger charge is 2.28. The summed E-state index contributed by atoms with van der Waals surface area (Å²) < 4.78 is 0.723. The van der Waals surface area contributed by atoms with Crippen LogP contribution in [0.5, 0.6) is 0 Å². The Morgan fingerprint density at radius 3 is 2.90 bits per heavy atom. The van der Waals surface area contributed by atoms with Crippen molar-refractivity contribution in [3.8, 4) is 0 Å². The molecule has 1 fully saturated rings. The van der Waals surface area contributed by atoms with Gasteiger partial charge in [-0.1, -0.05) is 11.6 Å². The first-order valence-electron chi connectivity index (χ1n) is 6.43. The third-order valence-electron chi connectivity index (χ3n) is 3.50. The minimum Gasteiger partial charge on any atom is -0.481 e. The van der Waals surface area contributed by atoms with Crippen LogP contribution < -0.4 is 0 Å². The van der Waals surface area contributed by atoms with E-state index in [9.17, 15) is 9.59 Å². The predicted molar refractivity (Wildman–Crippen MR) is 80.0 cm³/mol. The van der Waals surface area contributed by atoms with Crippen molar-refractivity contribution >= 4 is 39.4 Å². The monoisotopic (exact) mass is 359 g/mol. The van der Waals surface area contributed by atoms with E-state index in [1.807, 2.05) is 0 Å². The molecule has 1 saturated heterocycles. The molecular formula is C14H15BrClNO3. The molecule has 4 nitrogen and oxygen atoms in total. The molecule has 0 aliphatic carbocycles. The number of halogens is 2. The molecule has 0 spiro atoms. The van der Waals surface area contributed by atoms with Gasteiger partial charge in [0, 0.05) is 29.0 Å². The Hall–Kier alpha value is -1.07. The summed E-state index contributed by atoms with van der Waals surface area (Å²) >= 11 is 9.28. The van der Waals surface area contributed by atoms with Crippen molar-refractivity contribution in [2.75, 3.05) is 13.1 Å². The zero-order valence-electron chi connectivity index (χ0n) is 10.8. The number of carbonyl (C=O) groups excluding carboxylic acids is 1. The van der Waals surface area contributed by atoms with Crippen LogP contribution in [-0.4, -0.2) is 35.0 Å². The number of amides is 1. The second-order valence-electron chi connectivity index (χ2n) is 4.96. The number of likely N-dealkylation sites (tertiary alicyclic amines) is 1. The van der Waals surface area contributed by atoms with Crippen molar-refractivity contribution in [3.63, 3.8) is 0 Å². The number of hydrogen-bond donors (Lipinski definition) is 1. The summed E-state index contributed by atoms with van der Waals surface area (Å²) in [6, 6.07) is 5.13. The van der Waals surface area contributed by atoms with Crippen molar-refractivity contribution in [1.82, 2.24) is 4.90 Å². The number of nitrogens with zero attached hydrogens (tertiary/aromatic N) is 1. The zero-order valence-corrected chi connectivity index (χ0v) is 13.2. The highest BCUT2D eigenvalue weighted by molar-refractivity contribution is 9.10. The number of aliphatic carboxylic acids is 1. The van der Waals surface area contributed by atoms with E-state index < -0.39 is 5.97 Å². The first-order valence-corrected chi connectivity index (χ1v) is 7.60. The van der Waals surface area contributed by atoms with Gasteiger partial charge in [0.2, 0.25) is 0 Å². The number of carbonyl (C=O) groups is 2. The molecule has 1 aliphatic rings. The van der Waals surface area contributed by atoms with Crippen LogP contribution in [0.15, 0.2) is 22.7 Å². The molecular weight excluding hydrogens is 346 g/mol. The molecule has 1 atom stereocenters. The highest BCUT2D eigenvalue weighted by Crippen LogP contribution is 2.27. The van der Waals surface area contributed by atoms with Crippen LogP contribution >= 0.6 is 27.5 Å². The molecule has 20 heavy (non-hydrogen) atoms. The van der Waals surface area contributed by atoms with Crippen molar-refractivity contribution in [2.24, 2.45) is 5.92 Å². The van der Waals surface area contributed by atoms with Crippen molar-refractivity contribution in [1.29, 1.82) is 0 Å². The summed E-state index contributed by atoms with van der Waals surface area (Å²) in [6.45, 7) is 1.28. The first-order chi connectivity index (χ1) is 9.47. The van der Waals surface area contributed by atoms with Crippen LogP contribution in [0.4, 0.5) is 0 Å². The lowest BCUT2D eigenvalue weighted by atomic mass is 10.0. The number of hydrogen-bond acceptors (Lipinski definition) is 2. The third kappa shape index (κ3) is 3.73. The van der Waals surface area contributed by atoms with E-state index >= 15 is 0 Å². The molecule has 0 aromatic heterocycles. The molecule has 2 rings (SSSR count). The topological polar surface area (TPSA) is 57.6 Å². The van der Waals surface area contributed by atoms with E-state index in [2.05, 4.69) is 15.9 Å². The molecule has 1 aromatic rings. The van der Waals surface area contributed by atoms with Gasteiger partial charge >= 0.3 is 5.97 Å². The molecule has 108 valence electrons. The van der Waals surface area contributed by atoms with E-state index in [0.717, 1.165) is 10.9 Å². The average Bonchev–Trinajstić information content (AvgIpc) is 2.87. The Balaban J connectivity index is 2.00. The van der Waals surface area contributed by atoms with Crippen LogP contribution in [0.2, 0.25) is 5.02 Å². The summed E-state index contributed by atoms with van der Waals surface area (Å²) in [6.07, 6.45) is 1.64. The van der Waals surface area contributed by atoms with Gasteiger partial charge in [-0.3, -0.25) is 9.59 Å². The molecule has 1 aliphatic heterocycles. The van der Waals surface area contributed by atoms with Gasteiger partial charge in [-0.15, -0.1) is 0 Å². The summed E-state index contributed by atoms with van der Waals surface area (Å²) in [5, 5.41) is 9.22. The number of carboxylic acid groups (broad SMARTS) is 1. The molecule has 1 N–H and O–H groups in total. The molecule has 1 unspecified atom stereocenters. The standard InChI is InChI=1S/C14H15BrClNO3/c15-12-3-2-10(16)7-11(12)14(20)17-6-5-9(8-17)1-4-13(18)19/h2-3,7,9H,1,4-6,8H2,(H,18,19). The molecule has 6 heteroatoms. The maximum Gasteiger partial charge on any atom is 0.303 e. The summed E-state index contributed by atoms with van der Waals surface area (Å²) in [7, 11) is 0. The van der Waals surface area contributed by atoms with Crippen LogP contribution in [0.25, 0.3) is 0 Å². The van der Waals surface area contributed by atoms with Crippen molar-refractivity contribution in [2.45, 2.75) is 19.3 Å². The molecule has 1 aromatic carbocycles. The number of carboxylic acids is 1. The minimum absolute atomic E-state index is 0.0581. The number of rotatable bonds is 4. The smallest absolute Gasteiger partial charge is 0.303 e. The van der Waals surface area contributed by atoms with E-state index in [-0.39, 0.29) is 18.2 Å². The van der Waals surface area contributed by atoms with E-state index in [1.165, 1.54) is 0 Å². The maximum absolute atomic E-state index is 12.4. The third-order valence-corrected chi connectivity index (χ3v) is 4.42. The quantitative estimate of drug-likeness (QED) is 0.895. The lowest BCUT2D eigenvalue weighted by molar-refractivity contribution is -0.137. The Morgan fingerprint density at radius 1 is 1.45 bits per heavy atom. The second-order valence-corrected chi connectivity index (χ2v) is 6.25. The Kier molecular flexibility index (Phi) is 5.05. The van der Waals surface area contributed by atoms with E-state index in [1.54, 1.807) is 23.1 Å². The maximum atomic E-state index is 12.4. The SMILES string of the molecule is O=C(O)CCC1CCN(C(=O)c2cc(Cl)ccc2Br)C1. The van der Waals surface area contributed by atoms with Crippen LogP contribution in [0.3, 0.4) is 0 Å². The first kappa shape index (κ1) is 15.3. The van der Waals surface area contributed by atoms with Gasteiger partial charge in [-0.05, 0) is 52.9 Å². The Bertz CT molecular complexity index is 535. The zero-order chi connectivity index (χ0) is 14.7. The van der Waals surface area contributed by atoms with Crippen LogP contribution in [0, 0.1) is 5.92 Å². The summed E-state index contributed by atoms with van der Waals surface area (Å²) in [4.78, 5) is 24.8. The van der Waals surface area contributed by atoms with E-state index in [4.69, 9.17) is 16.7 Å². The molecule has 0 bridgehead atoms. The normalized spacial score (nSPS) is 18.3. The van der Waals surface area contributed by atoms with Crippen LogP contribution in [-0.2, 0) is 4.79 Å². The van der Waals surface area contributed by atoms with Gasteiger partial charge in [-0.2, -0.15) is 0 Å². The van der Waals surface area contributed by atoms with Gasteiger partial charge in [0.05, 0.1) is 5.56 Å². The van der Waals surface area contributed by atoms with Crippen molar-refractivity contribution in [3.05, 3.63) is 33.3 Å². The summed E-state index contributed by atoms with van der Waals surface area (Å²) in [5.74, 6) is -0.572. The molecule has 0 radical (unpaired) electrons. The Labute approximate surface area is 130 Å². The van der Waals surface area contributed by atoms with Gasteiger partial charge in [0.15, 0.2) is 0 Å². The molecule has 0 saturated carbocycles. The van der Waals surface area contributed by atoms with E-state index in [0.29, 0.717) is 30.1 Å². The van der Waals surface area contributed by atoms with Gasteiger partial charge in [0.25, 0.3) is 5.91 Å². The predicted octanol–water partition coefficient (Wildman–Crippen LogP) is 3.43. The second kappa shape index (κ2) is 6.59. The highest BCUT2D eigenvalue weighted by atomic mass is 79.9. The number of benzene rings is 1. The summed E-state index contributed by atoms with van der Waals surface area (Å²) in [5.41, 5.74) is 0.552. The fourth-order valence-corrected chi connectivity index (χ4v) is 3.00. The van der Waals surface area contributed by atoms with Gasteiger partial charge < -0.3 is 10.0 Å². The molecule has 1 heterocycles. The average molecular weight is 361 g/mol. The minimum atomic E-state index is -0.785. The fourth-order valence-electron chi connectivity index (χ4n) is 2.41. The fraction of sp³-hybridized carbons (Fsp3) is 0.429. The Morgan fingerprint density at radius 2 is 2.20 bits per heavy atom. The van der Waals surface area contributed by atoms with Gasteiger partial charge in [-0.25, -0.2) is 0 Å². The lowest BCUT2D eigenvalue weighted by Crippen LogP contribution is -2.29. The van der Waals surface area contributed by atoms with Gasteiger partial charge in [0.1, 0.15) is 0 Å².